The summed E-state index contributed by atoms with van der Waals surface area (Å²) in [7, 11) is 1.75. The lowest BCUT2D eigenvalue weighted by atomic mass is 10.2. The molecule has 1 aliphatic rings. The van der Waals surface area contributed by atoms with Crippen LogP contribution in [0, 0.1) is 0 Å². The van der Waals surface area contributed by atoms with Crippen molar-refractivity contribution in [2.24, 2.45) is 4.99 Å². The van der Waals surface area contributed by atoms with Crippen LogP contribution in [-0.4, -0.2) is 57.1 Å². The molecule has 8 heteroatoms. The van der Waals surface area contributed by atoms with Crippen molar-refractivity contribution in [1.29, 1.82) is 0 Å². The molecule has 2 aromatic rings. The van der Waals surface area contributed by atoms with Gasteiger partial charge in [0, 0.05) is 45.1 Å². The van der Waals surface area contributed by atoms with Gasteiger partial charge in [0.25, 0.3) is 0 Å². The van der Waals surface area contributed by atoms with E-state index >= 15 is 0 Å². The van der Waals surface area contributed by atoms with Gasteiger partial charge in [0.1, 0.15) is 0 Å². The summed E-state index contributed by atoms with van der Waals surface area (Å²) in [5.41, 5.74) is 0.922. The third-order valence-corrected chi connectivity index (χ3v) is 4.89. The van der Waals surface area contributed by atoms with Gasteiger partial charge in [0.2, 0.25) is 5.88 Å². The summed E-state index contributed by atoms with van der Waals surface area (Å²) >= 11 is 0. The van der Waals surface area contributed by atoms with Gasteiger partial charge in [-0.2, -0.15) is 0 Å². The predicted molar refractivity (Wildman–Crippen MR) is 125 cm³/mol. The van der Waals surface area contributed by atoms with Crippen molar-refractivity contribution in [3.05, 3.63) is 48.2 Å². The lowest BCUT2D eigenvalue weighted by Crippen LogP contribution is -2.37. The van der Waals surface area contributed by atoms with E-state index in [-0.39, 0.29) is 6.10 Å². The van der Waals surface area contributed by atoms with E-state index in [9.17, 15) is 0 Å². The first-order valence-electron chi connectivity index (χ1n) is 11.3. The lowest BCUT2D eigenvalue weighted by Gasteiger charge is -2.15. The van der Waals surface area contributed by atoms with E-state index in [4.69, 9.17) is 18.9 Å². The molecule has 1 saturated heterocycles. The number of aromatic nitrogens is 1. The molecule has 1 atom stereocenters. The molecule has 0 bridgehead atoms. The van der Waals surface area contributed by atoms with E-state index in [1.54, 1.807) is 13.2 Å². The quantitative estimate of drug-likeness (QED) is 0.295. The van der Waals surface area contributed by atoms with Crippen LogP contribution < -0.4 is 20.1 Å². The second kappa shape index (κ2) is 13.5. The number of hydrogen-bond donors (Lipinski definition) is 2. The van der Waals surface area contributed by atoms with Crippen molar-refractivity contribution in [2.75, 3.05) is 40.0 Å². The molecule has 1 unspecified atom stereocenters. The SMILES string of the molecule is CCCOc1ccccc1Oc1ncccc1CNC(=NC)NCCCOC1CCOC1. The molecule has 3 rings (SSSR count). The molecule has 1 fully saturated rings. The van der Waals surface area contributed by atoms with Gasteiger partial charge in [0.05, 0.1) is 19.3 Å². The van der Waals surface area contributed by atoms with Crippen LogP contribution in [0.2, 0.25) is 0 Å². The highest BCUT2D eigenvalue weighted by Crippen LogP contribution is 2.31. The van der Waals surface area contributed by atoms with Crippen LogP contribution in [0.25, 0.3) is 0 Å². The van der Waals surface area contributed by atoms with Gasteiger partial charge in [0.15, 0.2) is 17.5 Å². The molecular weight excluding hydrogens is 408 g/mol. The van der Waals surface area contributed by atoms with Crippen molar-refractivity contribution in [1.82, 2.24) is 15.6 Å². The number of pyridine rings is 1. The van der Waals surface area contributed by atoms with Gasteiger partial charge < -0.3 is 29.6 Å². The average Bonchev–Trinajstić information content (AvgIpc) is 3.35. The zero-order chi connectivity index (χ0) is 22.4. The summed E-state index contributed by atoms with van der Waals surface area (Å²) in [5.74, 6) is 2.62. The fraction of sp³-hybridized carbons (Fsp3) is 0.500. The maximum absolute atomic E-state index is 6.10. The first-order valence-corrected chi connectivity index (χ1v) is 11.3. The topological polar surface area (TPSA) is 86.2 Å². The van der Waals surface area contributed by atoms with Crippen LogP contribution in [0.15, 0.2) is 47.6 Å². The molecular formula is C24H34N4O4. The molecule has 2 heterocycles. The van der Waals surface area contributed by atoms with Crippen molar-refractivity contribution >= 4 is 5.96 Å². The lowest BCUT2D eigenvalue weighted by molar-refractivity contribution is 0.0420. The zero-order valence-electron chi connectivity index (χ0n) is 19.0. The second-order valence-corrected chi connectivity index (χ2v) is 7.43. The molecule has 32 heavy (non-hydrogen) atoms. The third kappa shape index (κ3) is 7.69. The molecule has 1 aromatic heterocycles. The van der Waals surface area contributed by atoms with Gasteiger partial charge in [-0.25, -0.2) is 4.98 Å². The average molecular weight is 443 g/mol. The van der Waals surface area contributed by atoms with Crippen LogP contribution in [-0.2, 0) is 16.0 Å². The van der Waals surface area contributed by atoms with E-state index in [1.807, 2.05) is 36.4 Å². The predicted octanol–water partition coefficient (Wildman–Crippen LogP) is 3.52. The number of ether oxygens (including phenoxy) is 4. The number of guanidine groups is 1. The maximum Gasteiger partial charge on any atom is 0.224 e. The van der Waals surface area contributed by atoms with E-state index in [0.717, 1.165) is 43.9 Å². The Hall–Kier alpha value is -2.84. The summed E-state index contributed by atoms with van der Waals surface area (Å²) in [6, 6.07) is 11.5. The van der Waals surface area contributed by atoms with Crippen LogP contribution in [0.4, 0.5) is 0 Å². The molecule has 0 radical (unpaired) electrons. The molecule has 2 N–H and O–H groups in total. The molecule has 174 valence electrons. The molecule has 1 aromatic carbocycles. The fourth-order valence-electron chi connectivity index (χ4n) is 3.19. The molecule has 0 spiro atoms. The first kappa shape index (κ1) is 23.8. The minimum Gasteiger partial charge on any atom is -0.490 e. The van der Waals surface area contributed by atoms with Crippen molar-refractivity contribution in [3.63, 3.8) is 0 Å². The Labute approximate surface area is 190 Å². The molecule has 0 saturated carbocycles. The summed E-state index contributed by atoms with van der Waals surface area (Å²) in [6.07, 6.45) is 4.78. The Morgan fingerprint density at radius 3 is 2.81 bits per heavy atom. The number of nitrogens with zero attached hydrogens (tertiary/aromatic N) is 2. The maximum atomic E-state index is 6.10. The summed E-state index contributed by atoms with van der Waals surface area (Å²) in [5, 5.41) is 6.63. The van der Waals surface area contributed by atoms with E-state index in [2.05, 4.69) is 27.5 Å². The number of hydrogen-bond acceptors (Lipinski definition) is 6. The third-order valence-electron chi connectivity index (χ3n) is 4.89. The van der Waals surface area contributed by atoms with Crippen LogP contribution in [0.3, 0.4) is 0 Å². The Kier molecular flexibility index (Phi) is 10.1. The number of para-hydroxylation sites is 2. The molecule has 0 aliphatic carbocycles. The van der Waals surface area contributed by atoms with E-state index < -0.39 is 0 Å². The van der Waals surface area contributed by atoms with Gasteiger partial charge >= 0.3 is 0 Å². The Balaban J connectivity index is 1.48. The van der Waals surface area contributed by atoms with E-state index in [0.29, 0.717) is 43.7 Å². The van der Waals surface area contributed by atoms with Crippen molar-refractivity contribution in [3.8, 4) is 17.4 Å². The van der Waals surface area contributed by atoms with Crippen LogP contribution >= 0.6 is 0 Å². The normalized spacial score (nSPS) is 16.1. The van der Waals surface area contributed by atoms with Gasteiger partial charge in [-0.05, 0) is 37.5 Å². The largest absolute Gasteiger partial charge is 0.490 e. The highest BCUT2D eigenvalue weighted by molar-refractivity contribution is 5.79. The summed E-state index contributed by atoms with van der Waals surface area (Å²) < 4.78 is 23.0. The number of nitrogens with one attached hydrogen (secondary N) is 2. The van der Waals surface area contributed by atoms with Gasteiger partial charge in [-0.15, -0.1) is 0 Å². The molecule has 1 aliphatic heterocycles. The van der Waals surface area contributed by atoms with Crippen molar-refractivity contribution < 1.29 is 18.9 Å². The highest BCUT2D eigenvalue weighted by atomic mass is 16.5. The Morgan fingerprint density at radius 2 is 2.03 bits per heavy atom. The zero-order valence-corrected chi connectivity index (χ0v) is 19.0. The Bertz CT molecular complexity index is 840. The summed E-state index contributed by atoms with van der Waals surface area (Å²) in [6.45, 7) is 6.22. The van der Waals surface area contributed by atoms with Crippen molar-refractivity contribution in [2.45, 2.75) is 38.8 Å². The Morgan fingerprint density at radius 1 is 1.16 bits per heavy atom. The van der Waals surface area contributed by atoms with E-state index in [1.165, 1.54) is 0 Å². The highest BCUT2D eigenvalue weighted by Gasteiger charge is 2.15. The number of aliphatic imine (C=N–C) groups is 1. The van der Waals surface area contributed by atoms with Crippen LogP contribution in [0.1, 0.15) is 31.7 Å². The first-order chi connectivity index (χ1) is 15.8. The fourth-order valence-corrected chi connectivity index (χ4v) is 3.19. The van der Waals surface area contributed by atoms with Crippen LogP contribution in [0.5, 0.6) is 17.4 Å². The number of benzene rings is 1. The minimum atomic E-state index is 0.244. The smallest absolute Gasteiger partial charge is 0.224 e. The molecule has 0 amide bonds. The number of rotatable bonds is 12. The standard InChI is InChI=1S/C24H34N4O4/c1-3-14-31-21-9-4-5-10-22(21)32-23-19(8-6-12-26-23)17-28-24(25-2)27-13-7-15-30-20-11-16-29-18-20/h4-6,8-10,12,20H,3,7,11,13-18H2,1-2H3,(H2,25,27,28). The summed E-state index contributed by atoms with van der Waals surface area (Å²) in [4.78, 5) is 8.71. The van der Waals surface area contributed by atoms with Gasteiger partial charge in [-0.1, -0.05) is 25.1 Å². The monoisotopic (exact) mass is 442 g/mol. The molecule has 8 nitrogen and oxygen atoms in total. The van der Waals surface area contributed by atoms with Gasteiger partial charge in [-0.3, -0.25) is 4.99 Å². The minimum absolute atomic E-state index is 0.244. The second-order valence-electron chi connectivity index (χ2n) is 7.43.